The maximum atomic E-state index is 11.2. The van der Waals surface area contributed by atoms with E-state index in [0.29, 0.717) is 32.4 Å². The summed E-state index contributed by atoms with van der Waals surface area (Å²) in [5.74, 6) is 0.0540. The topological polar surface area (TPSA) is 126 Å². The zero-order valence-corrected chi connectivity index (χ0v) is 18.7. The summed E-state index contributed by atoms with van der Waals surface area (Å²) in [7, 11) is 0. The fourth-order valence-corrected chi connectivity index (χ4v) is 4.27. The van der Waals surface area contributed by atoms with Gasteiger partial charge in [0, 0.05) is 24.2 Å². The molecule has 0 saturated carbocycles. The van der Waals surface area contributed by atoms with Crippen molar-refractivity contribution in [2.45, 2.75) is 18.9 Å². The van der Waals surface area contributed by atoms with Crippen molar-refractivity contribution in [3.8, 4) is 17.2 Å². The van der Waals surface area contributed by atoms with Gasteiger partial charge in [-0.25, -0.2) is 0 Å². The molecule has 3 rings (SSSR count). The standard InChI is InChI=1S/C21H18Br2N2O5/c22-15-6-12(8-17(24)21(28)29)7-16(23)20(15)30-14-2-3-18(26)13(9-14)5-11-1-4-19(27)25-10-11/h1-4,6-7,9-10,17,26H,5,8,24H2,(H,25,27)(H,28,29)/t17-/m1/s1. The molecule has 1 aromatic heterocycles. The van der Waals surface area contributed by atoms with Gasteiger partial charge in [-0.2, -0.15) is 0 Å². The second kappa shape index (κ2) is 9.46. The molecule has 0 spiro atoms. The van der Waals surface area contributed by atoms with Crippen molar-refractivity contribution in [1.29, 1.82) is 0 Å². The molecule has 30 heavy (non-hydrogen) atoms. The number of rotatable bonds is 7. The molecule has 7 nitrogen and oxygen atoms in total. The quantitative estimate of drug-likeness (QED) is 0.361. The summed E-state index contributed by atoms with van der Waals surface area (Å²) in [6.07, 6.45) is 2.19. The van der Waals surface area contributed by atoms with Crippen LogP contribution in [0.2, 0.25) is 0 Å². The monoisotopic (exact) mass is 536 g/mol. The third kappa shape index (κ3) is 5.50. The van der Waals surface area contributed by atoms with Crippen molar-refractivity contribution in [3.63, 3.8) is 0 Å². The Kier molecular flexibility index (Phi) is 6.96. The molecule has 156 valence electrons. The van der Waals surface area contributed by atoms with Gasteiger partial charge in [-0.15, -0.1) is 0 Å². The lowest BCUT2D eigenvalue weighted by atomic mass is 10.1. The Labute approximate surface area is 188 Å². The summed E-state index contributed by atoms with van der Waals surface area (Å²) in [5.41, 5.74) is 7.62. The summed E-state index contributed by atoms with van der Waals surface area (Å²) in [6.45, 7) is 0. The first kappa shape index (κ1) is 22.1. The highest BCUT2D eigenvalue weighted by Crippen LogP contribution is 2.39. The Morgan fingerprint density at radius 1 is 1.10 bits per heavy atom. The molecule has 0 unspecified atom stereocenters. The number of aromatic hydroxyl groups is 1. The van der Waals surface area contributed by atoms with Gasteiger partial charge in [0.05, 0.1) is 8.95 Å². The van der Waals surface area contributed by atoms with Gasteiger partial charge in [0.2, 0.25) is 5.56 Å². The van der Waals surface area contributed by atoms with Crippen molar-refractivity contribution in [2.75, 3.05) is 0 Å². The number of ether oxygens (including phenoxy) is 1. The Morgan fingerprint density at radius 3 is 2.40 bits per heavy atom. The highest BCUT2D eigenvalue weighted by atomic mass is 79.9. The maximum Gasteiger partial charge on any atom is 0.320 e. The van der Waals surface area contributed by atoms with Crippen LogP contribution >= 0.6 is 31.9 Å². The molecule has 3 aromatic rings. The molecule has 0 aliphatic heterocycles. The summed E-state index contributed by atoms with van der Waals surface area (Å²) in [6, 6.07) is 10.5. The Hall–Kier alpha value is -2.62. The van der Waals surface area contributed by atoms with Gasteiger partial charge in [0.1, 0.15) is 17.5 Å². The van der Waals surface area contributed by atoms with Crippen molar-refractivity contribution in [2.24, 2.45) is 5.73 Å². The van der Waals surface area contributed by atoms with E-state index in [9.17, 15) is 14.7 Å². The van der Waals surface area contributed by atoms with E-state index < -0.39 is 12.0 Å². The number of aromatic nitrogens is 1. The van der Waals surface area contributed by atoms with E-state index in [2.05, 4.69) is 36.8 Å². The summed E-state index contributed by atoms with van der Waals surface area (Å²) < 4.78 is 7.24. The third-order valence-electron chi connectivity index (χ3n) is 4.34. The Balaban J connectivity index is 1.83. The predicted molar refractivity (Wildman–Crippen MR) is 119 cm³/mol. The minimum Gasteiger partial charge on any atom is -0.508 e. The number of aromatic amines is 1. The molecule has 0 bridgehead atoms. The van der Waals surface area contributed by atoms with Gasteiger partial charge < -0.3 is 25.7 Å². The molecule has 0 saturated heterocycles. The molecule has 0 amide bonds. The molecule has 9 heteroatoms. The first-order chi connectivity index (χ1) is 14.2. The SMILES string of the molecule is N[C@H](Cc1cc(Br)c(Oc2ccc(O)c(Cc3ccc(=O)[nH]c3)c2)c(Br)c1)C(=O)O. The molecule has 2 aromatic carbocycles. The number of halogens is 2. The highest BCUT2D eigenvalue weighted by molar-refractivity contribution is 9.11. The number of carbonyl (C=O) groups is 1. The number of phenolic OH excluding ortho intramolecular Hbond substituents is 1. The maximum absolute atomic E-state index is 11.2. The second-order valence-electron chi connectivity index (χ2n) is 6.67. The van der Waals surface area contributed by atoms with Crippen LogP contribution in [0, 0.1) is 0 Å². The summed E-state index contributed by atoms with van der Waals surface area (Å²) in [5, 5.41) is 19.2. The van der Waals surface area contributed by atoms with E-state index in [1.165, 1.54) is 6.07 Å². The number of aliphatic carboxylic acids is 1. The minimum atomic E-state index is -1.07. The number of hydrogen-bond donors (Lipinski definition) is 4. The van der Waals surface area contributed by atoms with Gasteiger partial charge in [-0.3, -0.25) is 9.59 Å². The Bertz CT molecular complexity index is 1100. The van der Waals surface area contributed by atoms with E-state index in [-0.39, 0.29) is 17.7 Å². The number of hydrogen-bond acceptors (Lipinski definition) is 5. The number of H-pyrrole nitrogens is 1. The Morgan fingerprint density at radius 2 is 1.80 bits per heavy atom. The molecule has 0 fully saturated rings. The lowest BCUT2D eigenvalue weighted by Gasteiger charge is -2.14. The molecule has 1 heterocycles. The average Bonchev–Trinajstić information content (AvgIpc) is 2.68. The number of carboxylic acids is 1. The van der Waals surface area contributed by atoms with E-state index in [4.69, 9.17) is 15.6 Å². The van der Waals surface area contributed by atoms with Crippen molar-refractivity contribution >= 4 is 37.8 Å². The molecular weight excluding hydrogens is 520 g/mol. The number of nitrogens with one attached hydrogen (secondary N) is 1. The summed E-state index contributed by atoms with van der Waals surface area (Å²) >= 11 is 6.90. The van der Waals surface area contributed by atoms with E-state index in [1.54, 1.807) is 42.6 Å². The van der Waals surface area contributed by atoms with E-state index in [1.807, 2.05) is 0 Å². The van der Waals surface area contributed by atoms with Crippen LogP contribution in [0.4, 0.5) is 0 Å². The van der Waals surface area contributed by atoms with Crippen LogP contribution in [0.15, 0.2) is 62.4 Å². The smallest absolute Gasteiger partial charge is 0.320 e. The number of benzene rings is 2. The predicted octanol–water partition coefficient (Wildman–Crippen LogP) is 3.94. The molecule has 0 aliphatic carbocycles. The highest BCUT2D eigenvalue weighted by Gasteiger charge is 2.16. The van der Waals surface area contributed by atoms with Crippen molar-refractivity contribution in [1.82, 2.24) is 4.98 Å². The molecule has 0 radical (unpaired) electrons. The van der Waals surface area contributed by atoms with Gasteiger partial charge in [-0.1, -0.05) is 6.07 Å². The van der Waals surface area contributed by atoms with E-state index in [0.717, 1.165) is 11.1 Å². The fourth-order valence-electron chi connectivity index (χ4n) is 2.83. The van der Waals surface area contributed by atoms with E-state index >= 15 is 0 Å². The van der Waals surface area contributed by atoms with Crippen molar-refractivity contribution in [3.05, 3.63) is 84.7 Å². The lowest BCUT2D eigenvalue weighted by Crippen LogP contribution is -2.32. The molecular formula is C21H18Br2N2O5. The van der Waals surface area contributed by atoms with Crippen LogP contribution in [0.25, 0.3) is 0 Å². The number of phenols is 1. The van der Waals surface area contributed by atoms with Crippen LogP contribution in [-0.4, -0.2) is 27.2 Å². The van der Waals surface area contributed by atoms with Crippen LogP contribution in [0.3, 0.4) is 0 Å². The van der Waals surface area contributed by atoms with Crippen molar-refractivity contribution < 1.29 is 19.7 Å². The lowest BCUT2D eigenvalue weighted by molar-refractivity contribution is -0.138. The third-order valence-corrected chi connectivity index (χ3v) is 5.52. The number of pyridine rings is 1. The average molecular weight is 538 g/mol. The van der Waals surface area contributed by atoms with Crippen LogP contribution in [0.5, 0.6) is 17.2 Å². The van der Waals surface area contributed by atoms with Gasteiger partial charge in [0.25, 0.3) is 0 Å². The molecule has 0 aliphatic rings. The zero-order valence-electron chi connectivity index (χ0n) is 15.6. The molecule has 5 N–H and O–H groups in total. The van der Waals surface area contributed by atoms with Gasteiger partial charge in [-0.05, 0) is 79.7 Å². The second-order valence-corrected chi connectivity index (χ2v) is 8.38. The fraction of sp³-hybridized carbons (Fsp3) is 0.143. The largest absolute Gasteiger partial charge is 0.508 e. The van der Waals surface area contributed by atoms with Crippen LogP contribution in [-0.2, 0) is 17.6 Å². The zero-order chi connectivity index (χ0) is 21.8. The van der Waals surface area contributed by atoms with Crippen LogP contribution < -0.4 is 16.0 Å². The first-order valence-electron chi connectivity index (χ1n) is 8.86. The van der Waals surface area contributed by atoms with Gasteiger partial charge in [0.15, 0.2) is 5.75 Å². The normalized spacial score (nSPS) is 11.8. The summed E-state index contributed by atoms with van der Waals surface area (Å²) in [4.78, 5) is 24.8. The minimum absolute atomic E-state index is 0.115. The number of nitrogens with two attached hydrogens (primary N) is 1. The first-order valence-corrected chi connectivity index (χ1v) is 10.4. The van der Waals surface area contributed by atoms with Crippen LogP contribution in [0.1, 0.15) is 16.7 Å². The number of carboxylic acid groups (broad SMARTS) is 1. The van der Waals surface area contributed by atoms with Gasteiger partial charge >= 0.3 is 5.97 Å². The molecule has 1 atom stereocenters.